The maximum Gasteiger partial charge on any atom is 0.295 e. The van der Waals surface area contributed by atoms with Crippen molar-refractivity contribution in [3.05, 3.63) is 63.2 Å². The zero-order valence-corrected chi connectivity index (χ0v) is 11.1. The monoisotopic (exact) mass is 295 g/mol. The fraction of sp³-hybridized carbons (Fsp3) is 0.154. The minimum atomic E-state index is -0.809. The molecule has 2 aromatic rings. The smallest absolute Gasteiger partial charge is 0.295 e. The van der Waals surface area contributed by atoms with Gasteiger partial charge in [-0.3, -0.25) is 15.1 Å². The van der Waals surface area contributed by atoms with Gasteiger partial charge in [0.25, 0.3) is 5.69 Å². The second kappa shape index (κ2) is 6.29. The fourth-order valence-electron chi connectivity index (χ4n) is 1.72. The van der Waals surface area contributed by atoms with Crippen LogP contribution in [0.3, 0.4) is 0 Å². The van der Waals surface area contributed by atoms with Crippen molar-refractivity contribution in [3.8, 4) is 0 Å². The summed E-state index contributed by atoms with van der Waals surface area (Å²) in [6, 6.07) is 5.75. The van der Waals surface area contributed by atoms with E-state index in [1.165, 1.54) is 6.07 Å². The lowest BCUT2D eigenvalue weighted by molar-refractivity contribution is -0.384. The predicted molar refractivity (Wildman–Crippen MR) is 74.5 cm³/mol. The van der Waals surface area contributed by atoms with Crippen LogP contribution < -0.4 is 5.32 Å². The lowest BCUT2D eigenvalue weighted by Crippen LogP contribution is -2.07. The Hall–Kier alpha value is -2.21. The number of nitro groups is 1. The molecule has 20 heavy (non-hydrogen) atoms. The number of anilines is 1. The predicted octanol–water partition coefficient (Wildman–Crippen LogP) is 3.44. The molecule has 104 valence electrons. The maximum atomic E-state index is 13.2. The summed E-state index contributed by atoms with van der Waals surface area (Å²) in [5.74, 6) is -0.809. The average Bonchev–Trinajstić information content (AvgIpc) is 2.43. The molecule has 0 fully saturated rings. The van der Waals surface area contributed by atoms with Crippen molar-refractivity contribution in [2.75, 3.05) is 11.9 Å². The number of halogens is 2. The zero-order chi connectivity index (χ0) is 14.5. The highest BCUT2D eigenvalue weighted by Crippen LogP contribution is 2.30. The molecule has 0 aliphatic rings. The molecule has 0 amide bonds. The summed E-state index contributed by atoms with van der Waals surface area (Å²) in [6.45, 7) is 0.453. The number of pyridine rings is 1. The molecule has 1 aromatic heterocycles. The first-order chi connectivity index (χ1) is 9.58. The number of hydrogen-bond acceptors (Lipinski definition) is 4. The highest BCUT2D eigenvalue weighted by atomic mass is 35.5. The Morgan fingerprint density at radius 1 is 1.45 bits per heavy atom. The van der Waals surface area contributed by atoms with Crippen LogP contribution in [0, 0.1) is 15.9 Å². The van der Waals surface area contributed by atoms with Crippen molar-refractivity contribution in [2.24, 2.45) is 0 Å². The van der Waals surface area contributed by atoms with Crippen molar-refractivity contribution in [3.63, 3.8) is 0 Å². The number of benzene rings is 1. The van der Waals surface area contributed by atoms with Gasteiger partial charge in [-0.2, -0.15) is 0 Å². The first-order valence-corrected chi connectivity index (χ1v) is 6.22. The molecule has 5 nitrogen and oxygen atoms in total. The van der Waals surface area contributed by atoms with E-state index in [9.17, 15) is 14.5 Å². The molecule has 0 saturated carbocycles. The molecule has 1 aromatic carbocycles. The van der Waals surface area contributed by atoms with Gasteiger partial charge >= 0.3 is 0 Å². The summed E-state index contributed by atoms with van der Waals surface area (Å²) in [6.07, 6.45) is 4.02. The number of nitrogens with one attached hydrogen (secondary N) is 1. The van der Waals surface area contributed by atoms with Gasteiger partial charge in [0, 0.05) is 18.9 Å². The van der Waals surface area contributed by atoms with Crippen LogP contribution in [0.25, 0.3) is 0 Å². The van der Waals surface area contributed by atoms with Crippen LogP contribution >= 0.6 is 11.6 Å². The van der Waals surface area contributed by atoms with Crippen LogP contribution in [0.2, 0.25) is 5.02 Å². The van der Waals surface area contributed by atoms with Gasteiger partial charge in [0.1, 0.15) is 11.5 Å². The summed E-state index contributed by atoms with van der Waals surface area (Å²) < 4.78 is 13.2. The standard InChI is InChI=1S/C13H11ClFN3O2/c14-10-6-12(13(18(19)20)7-11(10)15)17-5-3-9-2-1-4-16-8-9/h1-2,4,6-8,17H,3,5H2. The summed E-state index contributed by atoms with van der Waals surface area (Å²) in [7, 11) is 0. The van der Waals surface area contributed by atoms with Gasteiger partial charge in [-0.05, 0) is 24.1 Å². The van der Waals surface area contributed by atoms with Gasteiger partial charge in [-0.25, -0.2) is 4.39 Å². The average molecular weight is 296 g/mol. The molecular formula is C13H11ClFN3O2. The van der Waals surface area contributed by atoms with E-state index in [4.69, 9.17) is 11.6 Å². The quantitative estimate of drug-likeness (QED) is 0.678. The molecule has 0 spiro atoms. The fourth-order valence-corrected chi connectivity index (χ4v) is 1.88. The van der Waals surface area contributed by atoms with Crippen molar-refractivity contribution in [1.29, 1.82) is 0 Å². The molecule has 0 aliphatic heterocycles. The normalized spacial score (nSPS) is 10.3. The van der Waals surface area contributed by atoms with Crippen molar-refractivity contribution in [2.45, 2.75) is 6.42 Å². The topological polar surface area (TPSA) is 68.1 Å². The Balaban J connectivity index is 2.09. The number of hydrogen-bond donors (Lipinski definition) is 1. The van der Waals surface area contributed by atoms with Gasteiger partial charge in [0.05, 0.1) is 16.0 Å². The third kappa shape index (κ3) is 3.42. The Labute approximate surface area is 119 Å². The van der Waals surface area contributed by atoms with Crippen LogP contribution in [0.4, 0.5) is 15.8 Å². The van der Waals surface area contributed by atoms with E-state index in [1.54, 1.807) is 12.4 Å². The van der Waals surface area contributed by atoms with Crippen LogP contribution in [0.5, 0.6) is 0 Å². The molecule has 0 atom stereocenters. The number of nitro benzene ring substituents is 1. The molecule has 7 heteroatoms. The lowest BCUT2D eigenvalue weighted by Gasteiger charge is -2.08. The Bertz CT molecular complexity index is 623. The van der Waals surface area contributed by atoms with Crippen LogP contribution in [0.15, 0.2) is 36.7 Å². The Morgan fingerprint density at radius 3 is 2.90 bits per heavy atom. The zero-order valence-electron chi connectivity index (χ0n) is 10.3. The minimum absolute atomic E-state index is 0.153. The van der Waals surface area contributed by atoms with Gasteiger partial charge in [-0.1, -0.05) is 17.7 Å². The van der Waals surface area contributed by atoms with Crippen LogP contribution in [0.1, 0.15) is 5.56 Å². The minimum Gasteiger partial charge on any atom is -0.379 e. The molecule has 1 N–H and O–H groups in total. The molecule has 2 rings (SSSR count). The molecule has 1 heterocycles. The van der Waals surface area contributed by atoms with Crippen LogP contribution in [-0.2, 0) is 6.42 Å². The van der Waals surface area contributed by atoms with E-state index < -0.39 is 10.7 Å². The molecule has 0 unspecified atom stereocenters. The Kier molecular flexibility index (Phi) is 4.47. The van der Waals surface area contributed by atoms with Crippen molar-refractivity contribution >= 4 is 23.0 Å². The largest absolute Gasteiger partial charge is 0.379 e. The molecular weight excluding hydrogens is 285 g/mol. The highest BCUT2D eigenvalue weighted by molar-refractivity contribution is 6.31. The summed E-state index contributed by atoms with van der Waals surface area (Å²) in [4.78, 5) is 14.2. The van der Waals surface area contributed by atoms with Gasteiger partial charge in [0.2, 0.25) is 0 Å². The van der Waals surface area contributed by atoms with E-state index in [1.807, 2.05) is 12.1 Å². The third-order valence-electron chi connectivity index (χ3n) is 2.69. The van der Waals surface area contributed by atoms with Gasteiger partial charge < -0.3 is 5.32 Å². The second-order valence-corrected chi connectivity index (χ2v) is 4.49. The maximum absolute atomic E-state index is 13.2. The van der Waals surface area contributed by atoms with E-state index in [-0.39, 0.29) is 16.4 Å². The summed E-state index contributed by atoms with van der Waals surface area (Å²) in [5, 5.41) is 13.6. The highest BCUT2D eigenvalue weighted by Gasteiger charge is 2.17. The molecule has 0 bridgehead atoms. The van der Waals surface area contributed by atoms with Crippen LogP contribution in [-0.4, -0.2) is 16.5 Å². The van der Waals surface area contributed by atoms with Gasteiger partial charge in [0.15, 0.2) is 0 Å². The Morgan fingerprint density at radius 2 is 2.25 bits per heavy atom. The third-order valence-corrected chi connectivity index (χ3v) is 2.98. The van der Waals surface area contributed by atoms with E-state index in [0.29, 0.717) is 13.0 Å². The van der Waals surface area contributed by atoms with Crippen molar-refractivity contribution in [1.82, 2.24) is 4.98 Å². The SMILES string of the molecule is O=[N+]([O-])c1cc(F)c(Cl)cc1NCCc1cccnc1. The summed E-state index contributed by atoms with van der Waals surface area (Å²) >= 11 is 5.64. The number of nitrogens with zero attached hydrogens (tertiary/aromatic N) is 2. The van der Waals surface area contributed by atoms with Crippen molar-refractivity contribution < 1.29 is 9.31 Å². The number of aromatic nitrogens is 1. The first kappa shape index (κ1) is 14.2. The van der Waals surface area contributed by atoms with E-state index in [2.05, 4.69) is 10.3 Å². The molecule has 0 radical (unpaired) electrons. The lowest BCUT2D eigenvalue weighted by atomic mass is 10.2. The van der Waals surface area contributed by atoms with E-state index >= 15 is 0 Å². The first-order valence-electron chi connectivity index (χ1n) is 5.84. The van der Waals surface area contributed by atoms with E-state index in [0.717, 1.165) is 11.6 Å². The second-order valence-electron chi connectivity index (χ2n) is 4.08. The molecule has 0 saturated heterocycles. The molecule has 0 aliphatic carbocycles. The number of rotatable bonds is 5. The summed E-state index contributed by atoms with van der Waals surface area (Å²) in [5.41, 5.74) is 0.860. The van der Waals surface area contributed by atoms with Gasteiger partial charge in [-0.15, -0.1) is 0 Å².